The predicted octanol–water partition coefficient (Wildman–Crippen LogP) is 4.46. The third-order valence-corrected chi connectivity index (χ3v) is 6.47. The largest absolute Gasteiger partial charge is 0.302 e. The molecule has 32 heavy (non-hydrogen) atoms. The quantitative estimate of drug-likeness (QED) is 0.611. The van der Waals surface area contributed by atoms with Crippen molar-refractivity contribution >= 4 is 5.70 Å². The first-order chi connectivity index (χ1) is 15.5. The van der Waals surface area contributed by atoms with E-state index in [0.717, 1.165) is 42.8 Å². The van der Waals surface area contributed by atoms with E-state index in [2.05, 4.69) is 21.7 Å². The van der Waals surface area contributed by atoms with Gasteiger partial charge in [-0.05, 0) is 55.2 Å². The summed E-state index contributed by atoms with van der Waals surface area (Å²) in [6.45, 7) is 7.66. The second-order valence-corrected chi connectivity index (χ2v) is 8.36. The fourth-order valence-electron chi connectivity index (χ4n) is 4.90. The van der Waals surface area contributed by atoms with Crippen LogP contribution in [-0.4, -0.2) is 32.9 Å². The van der Waals surface area contributed by atoms with Crippen LogP contribution in [-0.2, 0) is 0 Å². The Balaban J connectivity index is 1.77. The Morgan fingerprint density at radius 3 is 2.12 bits per heavy atom. The van der Waals surface area contributed by atoms with E-state index in [1.165, 1.54) is 30.5 Å². The van der Waals surface area contributed by atoms with E-state index < -0.39 is 0 Å². The molecular formula is C25H24F2N4O. The normalized spacial score (nSPS) is 18.6. The summed E-state index contributed by atoms with van der Waals surface area (Å²) in [5.74, 6) is -0.916. The van der Waals surface area contributed by atoms with Gasteiger partial charge >= 0.3 is 0 Å². The Morgan fingerprint density at radius 2 is 1.53 bits per heavy atom. The molecule has 1 saturated heterocycles. The Hall–Kier alpha value is -3.32. The average Bonchev–Trinajstić information content (AvgIpc) is 2.80. The van der Waals surface area contributed by atoms with Crippen LogP contribution in [0.1, 0.15) is 47.3 Å². The van der Waals surface area contributed by atoms with Crippen LogP contribution in [0.25, 0.3) is 5.70 Å². The molecule has 1 fully saturated rings. The summed E-state index contributed by atoms with van der Waals surface area (Å²) in [5.41, 5.74) is 3.67. The zero-order valence-electron chi connectivity index (χ0n) is 17.8. The SMILES string of the molecule is C=C1c2c(C)c(=O)cnn2C(C(c2ccc(F)cc2)c2ccc(F)cc2)N2CCCCN12. The second kappa shape index (κ2) is 7.98. The summed E-state index contributed by atoms with van der Waals surface area (Å²) in [6, 6.07) is 12.8. The fourth-order valence-corrected chi connectivity index (χ4v) is 4.90. The molecule has 1 unspecified atom stereocenters. The maximum atomic E-state index is 13.8. The molecule has 5 nitrogen and oxygen atoms in total. The zero-order chi connectivity index (χ0) is 22.4. The van der Waals surface area contributed by atoms with E-state index in [0.29, 0.717) is 11.3 Å². The average molecular weight is 434 g/mol. The molecule has 0 radical (unpaired) electrons. The number of hydrazine groups is 1. The number of halogens is 2. The summed E-state index contributed by atoms with van der Waals surface area (Å²) < 4.78 is 29.4. The lowest BCUT2D eigenvalue weighted by Gasteiger charge is -2.52. The third kappa shape index (κ3) is 3.33. The van der Waals surface area contributed by atoms with Crippen molar-refractivity contribution in [3.05, 3.63) is 106 Å². The lowest BCUT2D eigenvalue weighted by Crippen LogP contribution is -2.55. The molecule has 2 aromatic carbocycles. The number of aromatic nitrogens is 2. The molecule has 7 heteroatoms. The summed E-state index contributed by atoms with van der Waals surface area (Å²) >= 11 is 0. The summed E-state index contributed by atoms with van der Waals surface area (Å²) in [5, 5.41) is 8.90. The summed E-state index contributed by atoms with van der Waals surface area (Å²) in [6.07, 6.45) is 3.04. The Labute approximate surface area is 185 Å². The number of nitrogens with zero attached hydrogens (tertiary/aromatic N) is 4. The first-order valence-electron chi connectivity index (χ1n) is 10.8. The lowest BCUT2D eigenvalue weighted by molar-refractivity contribution is -0.0872. The summed E-state index contributed by atoms with van der Waals surface area (Å²) in [4.78, 5) is 12.5. The predicted molar refractivity (Wildman–Crippen MR) is 119 cm³/mol. The van der Waals surface area contributed by atoms with Crippen LogP contribution in [0.2, 0.25) is 0 Å². The van der Waals surface area contributed by atoms with Crippen molar-refractivity contribution in [3.8, 4) is 0 Å². The molecule has 1 aromatic heterocycles. The van der Waals surface area contributed by atoms with Crippen LogP contribution in [0.3, 0.4) is 0 Å². The third-order valence-electron chi connectivity index (χ3n) is 6.47. The molecule has 0 N–H and O–H groups in total. The molecule has 0 amide bonds. The van der Waals surface area contributed by atoms with Gasteiger partial charge in [-0.2, -0.15) is 10.1 Å². The molecule has 3 aromatic rings. The molecule has 3 heterocycles. The Kier molecular flexibility index (Phi) is 5.13. The fraction of sp³-hybridized carbons (Fsp3) is 0.280. The Morgan fingerprint density at radius 1 is 0.969 bits per heavy atom. The molecule has 164 valence electrons. The highest BCUT2D eigenvalue weighted by Crippen LogP contribution is 2.44. The van der Waals surface area contributed by atoms with Gasteiger partial charge in [0.2, 0.25) is 5.43 Å². The molecule has 5 rings (SSSR count). The van der Waals surface area contributed by atoms with Gasteiger partial charge in [-0.1, -0.05) is 30.8 Å². The minimum absolute atomic E-state index is 0.137. The van der Waals surface area contributed by atoms with E-state index in [-0.39, 0.29) is 29.1 Å². The molecule has 0 spiro atoms. The number of rotatable bonds is 3. The van der Waals surface area contributed by atoms with E-state index in [9.17, 15) is 13.6 Å². The second-order valence-electron chi connectivity index (χ2n) is 8.36. The van der Waals surface area contributed by atoms with Gasteiger partial charge in [0.25, 0.3) is 0 Å². The number of hydrogen-bond donors (Lipinski definition) is 0. The minimum Gasteiger partial charge on any atom is -0.302 e. The molecule has 0 aliphatic carbocycles. The van der Waals surface area contributed by atoms with Crippen molar-refractivity contribution in [2.45, 2.75) is 31.8 Å². The van der Waals surface area contributed by atoms with Gasteiger partial charge in [0.15, 0.2) is 0 Å². The highest BCUT2D eigenvalue weighted by atomic mass is 19.1. The van der Waals surface area contributed by atoms with E-state index in [4.69, 9.17) is 0 Å². The molecule has 1 atom stereocenters. The van der Waals surface area contributed by atoms with Gasteiger partial charge in [-0.3, -0.25) is 4.79 Å². The van der Waals surface area contributed by atoms with Crippen LogP contribution in [0.15, 0.2) is 66.1 Å². The van der Waals surface area contributed by atoms with Gasteiger partial charge in [0, 0.05) is 24.6 Å². The number of hydrogen-bond acceptors (Lipinski definition) is 4. The van der Waals surface area contributed by atoms with Crippen molar-refractivity contribution in [2.24, 2.45) is 0 Å². The standard InChI is InChI=1S/C25H24F2N4O/c1-16-22(32)15-28-31-24(16)17(2)29-13-3-4-14-30(29)25(31)23(18-5-9-20(26)10-6-18)19-7-11-21(27)12-8-19/h5-12,15,23,25H,2-4,13-14H2,1H3. The zero-order valence-corrected chi connectivity index (χ0v) is 17.8. The molecule has 0 saturated carbocycles. The van der Waals surface area contributed by atoms with E-state index in [1.807, 2.05) is 4.68 Å². The van der Waals surface area contributed by atoms with Gasteiger partial charge in [-0.15, -0.1) is 0 Å². The smallest absolute Gasteiger partial charge is 0.203 e. The van der Waals surface area contributed by atoms with Crippen LogP contribution >= 0.6 is 0 Å². The molecular weight excluding hydrogens is 410 g/mol. The van der Waals surface area contributed by atoms with Gasteiger partial charge in [-0.25, -0.2) is 13.5 Å². The van der Waals surface area contributed by atoms with Crippen LogP contribution in [0.5, 0.6) is 0 Å². The number of fused-ring (bicyclic) bond motifs is 2. The lowest BCUT2D eigenvalue weighted by atomic mass is 9.87. The van der Waals surface area contributed by atoms with E-state index >= 15 is 0 Å². The van der Waals surface area contributed by atoms with Gasteiger partial charge in [0.05, 0.1) is 17.6 Å². The minimum atomic E-state index is -0.328. The van der Waals surface area contributed by atoms with Crippen molar-refractivity contribution in [3.63, 3.8) is 0 Å². The summed E-state index contributed by atoms with van der Waals surface area (Å²) in [7, 11) is 0. The molecule has 2 aliphatic rings. The van der Waals surface area contributed by atoms with E-state index in [1.54, 1.807) is 31.2 Å². The number of benzene rings is 2. The highest BCUT2D eigenvalue weighted by molar-refractivity contribution is 5.62. The molecule has 0 bridgehead atoms. The van der Waals surface area contributed by atoms with Crippen molar-refractivity contribution in [1.29, 1.82) is 0 Å². The Bertz CT molecular complexity index is 1170. The van der Waals surface area contributed by atoms with Crippen LogP contribution in [0.4, 0.5) is 8.78 Å². The van der Waals surface area contributed by atoms with Gasteiger partial charge in [0.1, 0.15) is 17.8 Å². The topological polar surface area (TPSA) is 41.4 Å². The first-order valence-corrected chi connectivity index (χ1v) is 10.8. The maximum Gasteiger partial charge on any atom is 0.203 e. The van der Waals surface area contributed by atoms with Gasteiger partial charge < -0.3 is 5.01 Å². The first kappa shape index (κ1) is 20.6. The maximum absolute atomic E-state index is 13.8. The van der Waals surface area contributed by atoms with Crippen LogP contribution in [0, 0.1) is 18.6 Å². The van der Waals surface area contributed by atoms with Crippen molar-refractivity contribution in [1.82, 2.24) is 19.8 Å². The van der Waals surface area contributed by atoms with Crippen molar-refractivity contribution < 1.29 is 8.78 Å². The monoisotopic (exact) mass is 434 g/mol. The van der Waals surface area contributed by atoms with Crippen molar-refractivity contribution in [2.75, 3.05) is 13.1 Å². The van der Waals surface area contributed by atoms with Crippen LogP contribution < -0.4 is 5.43 Å². The molecule has 2 aliphatic heterocycles. The highest BCUT2D eigenvalue weighted by Gasteiger charge is 2.42.